The standard InChI is InChI=1S/C10H22N2/c1-10(6-4-7-10)11-8-5-9-12(2)3/h11H,4-9H2,1-3H3. The van der Waals surface area contributed by atoms with Crippen LogP contribution in [-0.4, -0.2) is 37.6 Å². The minimum absolute atomic E-state index is 0.492. The van der Waals surface area contributed by atoms with Crippen LogP contribution < -0.4 is 5.32 Å². The molecule has 0 aliphatic heterocycles. The second kappa shape index (κ2) is 4.24. The van der Waals surface area contributed by atoms with E-state index in [0.29, 0.717) is 5.54 Å². The van der Waals surface area contributed by atoms with Crippen molar-refractivity contribution in [1.29, 1.82) is 0 Å². The molecule has 1 saturated carbocycles. The topological polar surface area (TPSA) is 15.3 Å². The third kappa shape index (κ3) is 3.11. The van der Waals surface area contributed by atoms with E-state index < -0.39 is 0 Å². The van der Waals surface area contributed by atoms with E-state index in [4.69, 9.17) is 0 Å². The average molecular weight is 170 g/mol. The average Bonchev–Trinajstić information content (AvgIpc) is 1.94. The second-order valence-corrected chi connectivity index (χ2v) is 4.50. The summed E-state index contributed by atoms with van der Waals surface area (Å²) >= 11 is 0. The predicted octanol–water partition coefficient (Wildman–Crippen LogP) is 1.47. The van der Waals surface area contributed by atoms with Crippen molar-refractivity contribution in [3.63, 3.8) is 0 Å². The number of hydrogen-bond acceptors (Lipinski definition) is 2. The van der Waals surface area contributed by atoms with Crippen molar-refractivity contribution in [2.75, 3.05) is 27.2 Å². The lowest BCUT2D eigenvalue weighted by Gasteiger charge is -2.39. The molecule has 0 radical (unpaired) electrons. The maximum atomic E-state index is 3.62. The van der Waals surface area contributed by atoms with Gasteiger partial charge in [0, 0.05) is 5.54 Å². The summed E-state index contributed by atoms with van der Waals surface area (Å²) in [6.07, 6.45) is 5.42. The van der Waals surface area contributed by atoms with Gasteiger partial charge in [0.25, 0.3) is 0 Å². The first-order valence-corrected chi connectivity index (χ1v) is 5.02. The Morgan fingerprint density at radius 2 is 2.00 bits per heavy atom. The van der Waals surface area contributed by atoms with Gasteiger partial charge in [0.15, 0.2) is 0 Å². The molecule has 0 aromatic carbocycles. The fourth-order valence-electron chi connectivity index (χ4n) is 1.67. The summed E-state index contributed by atoms with van der Waals surface area (Å²) in [5, 5.41) is 3.62. The molecule has 0 bridgehead atoms. The van der Waals surface area contributed by atoms with Crippen LogP contribution in [0.4, 0.5) is 0 Å². The molecular weight excluding hydrogens is 148 g/mol. The molecule has 1 N–H and O–H groups in total. The Bertz CT molecular complexity index is 128. The molecule has 0 aromatic rings. The highest BCUT2D eigenvalue weighted by Gasteiger charge is 2.30. The zero-order valence-corrected chi connectivity index (χ0v) is 8.69. The van der Waals surface area contributed by atoms with Gasteiger partial charge in [-0.3, -0.25) is 0 Å². The largest absolute Gasteiger partial charge is 0.311 e. The van der Waals surface area contributed by atoms with Crippen LogP contribution in [0.3, 0.4) is 0 Å². The maximum Gasteiger partial charge on any atom is 0.0153 e. The van der Waals surface area contributed by atoms with E-state index in [1.807, 2.05) is 0 Å². The fraction of sp³-hybridized carbons (Fsp3) is 1.00. The highest BCUT2D eigenvalue weighted by Crippen LogP contribution is 2.30. The van der Waals surface area contributed by atoms with Gasteiger partial charge in [-0.2, -0.15) is 0 Å². The van der Waals surface area contributed by atoms with Crippen LogP contribution in [0.5, 0.6) is 0 Å². The van der Waals surface area contributed by atoms with Gasteiger partial charge in [-0.05, 0) is 59.8 Å². The normalized spacial score (nSPS) is 21.0. The summed E-state index contributed by atoms with van der Waals surface area (Å²) in [5.74, 6) is 0. The van der Waals surface area contributed by atoms with Gasteiger partial charge in [-0.25, -0.2) is 0 Å². The molecule has 0 saturated heterocycles. The van der Waals surface area contributed by atoms with Crippen LogP contribution >= 0.6 is 0 Å². The first kappa shape index (κ1) is 10.0. The van der Waals surface area contributed by atoms with Crippen LogP contribution in [0.1, 0.15) is 32.6 Å². The molecule has 1 aliphatic carbocycles. The van der Waals surface area contributed by atoms with Crippen molar-refractivity contribution in [2.45, 2.75) is 38.1 Å². The lowest BCUT2D eigenvalue weighted by molar-refractivity contribution is 0.206. The second-order valence-electron chi connectivity index (χ2n) is 4.50. The van der Waals surface area contributed by atoms with Gasteiger partial charge >= 0.3 is 0 Å². The molecule has 0 aromatic heterocycles. The molecule has 2 nitrogen and oxygen atoms in total. The Morgan fingerprint density at radius 3 is 2.42 bits per heavy atom. The zero-order chi connectivity index (χ0) is 9.03. The summed E-state index contributed by atoms with van der Waals surface area (Å²) in [6, 6.07) is 0. The van der Waals surface area contributed by atoms with Crippen molar-refractivity contribution >= 4 is 0 Å². The minimum Gasteiger partial charge on any atom is -0.311 e. The van der Waals surface area contributed by atoms with Gasteiger partial charge in [0.2, 0.25) is 0 Å². The first-order valence-electron chi connectivity index (χ1n) is 5.02. The summed E-state index contributed by atoms with van der Waals surface area (Å²) in [5.41, 5.74) is 0.492. The lowest BCUT2D eigenvalue weighted by Crippen LogP contribution is -2.48. The van der Waals surface area contributed by atoms with Gasteiger partial charge in [-0.15, -0.1) is 0 Å². The predicted molar refractivity (Wildman–Crippen MR) is 53.4 cm³/mol. The van der Waals surface area contributed by atoms with E-state index in [2.05, 4.69) is 31.2 Å². The van der Waals surface area contributed by atoms with Crippen LogP contribution in [0.2, 0.25) is 0 Å². The molecule has 0 spiro atoms. The summed E-state index contributed by atoms with van der Waals surface area (Å²) < 4.78 is 0. The summed E-state index contributed by atoms with van der Waals surface area (Å²) in [7, 11) is 4.26. The van der Waals surface area contributed by atoms with E-state index in [1.165, 1.54) is 38.8 Å². The maximum absolute atomic E-state index is 3.62. The van der Waals surface area contributed by atoms with E-state index in [1.54, 1.807) is 0 Å². The van der Waals surface area contributed by atoms with E-state index in [0.717, 1.165) is 0 Å². The van der Waals surface area contributed by atoms with Crippen LogP contribution in [-0.2, 0) is 0 Å². The Hall–Kier alpha value is -0.0800. The highest BCUT2D eigenvalue weighted by molar-refractivity contribution is 4.91. The fourth-order valence-corrected chi connectivity index (χ4v) is 1.67. The molecule has 1 fully saturated rings. The molecule has 0 unspecified atom stereocenters. The molecule has 0 atom stereocenters. The number of nitrogens with zero attached hydrogens (tertiary/aromatic N) is 1. The molecule has 2 heteroatoms. The molecule has 72 valence electrons. The number of nitrogens with one attached hydrogen (secondary N) is 1. The van der Waals surface area contributed by atoms with Gasteiger partial charge in [-0.1, -0.05) is 0 Å². The van der Waals surface area contributed by atoms with Gasteiger partial charge in [0.1, 0.15) is 0 Å². The molecule has 12 heavy (non-hydrogen) atoms. The molecule has 1 rings (SSSR count). The first-order chi connectivity index (χ1) is 5.62. The molecule has 1 aliphatic rings. The third-order valence-electron chi connectivity index (χ3n) is 2.79. The Morgan fingerprint density at radius 1 is 1.33 bits per heavy atom. The van der Waals surface area contributed by atoms with Crippen molar-refractivity contribution in [2.24, 2.45) is 0 Å². The minimum atomic E-state index is 0.492. The number of rotatable bonds is 5. The third-order valence-corrected chi connectivity index (χ3v) is 2.79. The van der Waals surface area contributed by atoms with E-state index >= 15 is 0 Å². The Kier molecular flexibility index (Phi) is 3.53. The summed E-state index contributed by atoms with van der Waals surface area (Å²) in [4.78, 5) is 2.24. The smallest absolute Gasteiger partial charge is 0.0153 e. The SMILES string of the molecule is CN(C)CCCNC1(C)CCC1. The molecular formula is C10H22N2. The van der Waals surface area contributed by atoms with Crippen LogP contribution in [0.15, 0.2) is 0 Å². The Labute approximate surface area is 76.3 Å². The highest BCUT2D eigenvalue weighted by atomic mass is 15.1. The monoisotopic (exact) mass is 170 g/mol. The van der Waals surface area contributed by atoms with E-state index in [9.17, 15) is 0 Å². The Balaban J connectivity index is 1.95. The van der Waals surface area contributed by atoms with Gasteiger partial charge < -0.3 is 10.2 Å². The zero-order valence-electron chi connectivity index (χ0n) is 8.69. The van der Waals surface area contributed by atoms with E-state index in [-0.39, 0.29) is 0 Å². The van der Waals surface area contributed by atoms with Crippen molar-refractivity contribution in [1.82, 2.24) is 10.2 Å². The summed E-state index contributed by atoms with van der Waals surface area (Å²) in [6.45, 7) is 4.71. The van der Waals surface area contributed by atoms with Crippen molar-refractivity contribution in [3.8, 4) is 0 Å². The van der Waals surface area contributed by atoms with Crippen LogP contribution in [0.25, 0.3) is 0 Å². The quantitative estimate of drug-likeness (QED) is 0.629. The lowest BCUT2D eigenvalue weighted by atomic mass is 9.78. The molecule has 0 heterocycles. The van der Waals surface area contributed by atoms with Crippen molar-refractivity contribution in [3.05, 3.63) is 0 Å². The van der Waals surface area contributed by atoms with Crippen LogP contribution in [0, 0.1) is 0 Å². The van der Waals surface area contributed by atoms with Gasteiger partial charge in [0.05, 0.1) is 0 Å². The van der Waals surface area contributed by atoms with Crippen molar-refractivity contribution < 1.29 is 0 Å². The molecule has 0 amide bonds. The number of hydrogen-bond donors (Lipinski definition) is 1.